The average Bonchev–Trinajstić information content (AvgIpc) is 3.00. The Bertz CT molecular complexity index is 852. The molecule has 3 rings (SSSR count). The van der Waals surface area contributed by atoms with Gasteiger partial charge in [0, 0.05) is 30.5 Å². The van der Waals surface area contributed by atoms with Crippen molar-refractivity contribution in [3.8, 4) is 5.69 Å². The number of alkyl carbamates (subject to hydrolysis) is 1. The number of nitrogens with one attached hydrogen (secondary N) is 1. The van der Waals surface area contributed by atoms with Gasteiger partial charge in [0.15, 0.2) is 0 Å². The second kappa shape index (κ2) is 8.50. The first-order valence-electron chi connectivity index (χ1n) is 9.89. The Kier molecular flexibility index (Phi) is 6.07. The zero-order valence-corrected chi connectivity index (χ0v) is 17.1. The molecule has 2 aromatic rings. The van der Waals surface area contributed by atoms with Crippen molar-refractivity contribution in [3.63, 3.8) is 0 Å². The van der Waals surface area contributed by atoms with Crippen molar-refractivity contribution < 1.29 is 14.3 Å². The number of hydrogen-bond acceptors (Lipinski definition) is 3. The van der Waals surface area contributed by atoms with Crippen molar-refractivity contribution in [1.82, 2.24) is 14.8 Å². The molecular formula is C22H29N3O3. The Morgan fingerprint density at radius 3 is 2.54 bits per heavy atom. The summed E-state index contributed by atoms with van der Waals surface area (Å²) in [5.41, 5.74) is 4.83. The van der Waals surface area contributed by atoms with Gasteiger partial charge in [-0.3, -0.25) is 4.79 Å². The van der Waals surface area contributed by atoms with E-state index in [2.05, 4.69) is 22.0 Å². The van der Waals surface area contributed by atoms with E-state index in [1.54, 1.807) is 6.92 Å². The van der Waals surface area contributed by atoms with Crippen LogP contribution in [0.2, 0.25) is 0 Å². The number of likely N-dealkylation sites (tertiary alicyclic amines) is 1. The molecule has 0 bridgehead atoms. The van der Waals surface area contributed by atoms with Gasteiger partial charge in [-0.15, -0.1) is 0 Å². The van der Waals surface area contributed by atoms with Gasteiger partial charge in [-0.1, -0.05) is 11.6 Å². The number of piperidine rings is 1. The fourth-order valence-corrected chi connectivity index (χ4v) is 3.85. The number of aromatic nitrogens is 1. The molecular weight excluding hydrogens is 354 g/mol. The minimum Gasteiger partial charge on any atom is -0.450 e. The van der Waals surface area contributed by atoms with Crippen LogP contribution in [0.1, 0.15) is 47.1 Å². The van der Waals surface area contributed by atoms with Crippen LogP contribution in [-0.4, -0.2) is 47.2 Å². The molecule has 1 fully saturated rings. The van der Waals surface area contributed by atoms with Crippen LogP contribution < -0.4 is 5.32 Å². The van der Waals surface area contributed by atoms with E-state index in [4.69, 9.17) is 4.74 Å². The molecule has 6 heteroatoms. The summed E-state index contributed by atoms with van der Waals surface area (Å²) in [7, 11) is 0. The molecule has 6 nitrogen and oxygen atoms in total. The minimum absolute atomic E-state index is 0.00144. The SMILES string of the molecule is CCOC(=O)NC1CCCN(C(=O)c2cc(C)ccc2-n2c(C)ccc2C)C1. The summed E-state index contributed by atoms with van der Waals surface area (Å²) in [5, 5.41) is 2.87. The Labute approximate surface area is 166 Å². The van der Waals surface area contributed by atoms with Gasteiger partial charge in [0.05, 0.1) is 17.9 Å². The molecule has 1 saturated heterocycles. The number of nitrogens with zero attached hydrogens (tertiary/aromatic N) is 2. The number of carbonyl (C=O) groups excluding carboxylic acids is 2. The highest BCUT2D eigenvalue weighted by molar-refractivity contribution is 5.98. The minimum atomic E-state index is -0.420. The monoisotopic (exact) mass is 383 g/mol. The summed E-state index contributed by atoms with van der Waals surface area (Å²) in [6.45, 7) is 9.38. The Hall–Kier alpha value is -2.76. The van der Waals surface area contributed by atoms with E-state index in [9.17, 15) is 9.59 Å². The highest BCUT2D eigenvalue weighted by Crippen LogP contribution is 2.24. The number of amides is 2. The summed E-state index contributed by atoms with van der Waals surface area (Å²) >= 11 is 0. The van der Waals surface area contributed by atoms with E-state index in [1.165, 1.54) is 0 Å². The zero-order valence-electron chi connectivity index (χ0n) is 17.1. The molecule has 1 aromatic carbocycles. The summed E-state index contributed by atoms with van der Waals surface area (Å²) in [4.78, 5) is 27.0. The molecule has 1 aliphatic rings. The lowest BCUT2D eigenvalue weighted by molar-refractivity contribution is 0.0686. The van der Waals surface area contributed by atoms with E-state index in [0.717, 1.165) is 35.5 Å². The van der Waals surface area contributed by atoms with Crippen molar-refractivity contribution in [3.05, 3.63) is 52.8 Å². The first-order valence-corrected chi connectivity index (χ1v) is 9.89. The standard InChI is InChI=1S/C22H29N3O3/c1-5-28-22(27)23-18-7-6-12-24(14-18)21(26)19-13-15(2)8-11-20(19)25-16(3)9-10-17(25)4/h8-11,13,18H,5-7,12,14H2,1-4H3,(H,23,27). The third-order valence-electron chi connectivity index (χ3n) is 5.20. The van der Waals surface area contributed by atoms with Crippen LogP contribution in [0.3, 0.4) is 0 Å². The Morgan fingerprint density at radius 2 is 1.86 bits per heavy atom. The highest BCUT2D eigenvalue weighted by atomic mass is 16.5. The van der Waals surface area contributed by atoms with E-state index in [0.29, 0.717) is 25.3 Å². The molecule has 28 heavy (non-hydrogen) atoms. The highest BCUT2D eigenvalue weighted by Gasteiger charge is 2.27. The fraction of sp³-hybridized carbons (Fsp3) is 0.455. The quantitative estimate of drug-likeness (QED) is 0.874. The molecule has 150 valence electrons. The molecule has 2 amide bonds. The largest absolute Gasteiger partial charge is 0.450 e. The summed E-state index contributed by atoms with van der Waals surface area (Å²) in [6, 6.07) is 10.0. The topological polar surface area (TPSA) is 63.6 Å². The maximum Gasteiger partial charge on any atom is 0.407 e. The van der Waals surface area contributed by atoms with Crippen LogP contribution in [0.25, 0.3) is 5.69 Å². The average molecular weight is 383 g/mol. The maximum absolute atomic E-state index is 13.4. The number of benzene rings is 1. The number of ether oxygens (including phenoxy) is 1. The van der Waals surface area contributed by atoms with Gasteiger partial charge in [-0.25, -0.2) is 4.79 Å². The van der Waals surface area contributed by atoms with E-state index < -0.39 is 6.09 Å². The van der Waals surface area contributed by atoms with Crippen LogP contribution in [0.5, 0.6) is 0 Å². The summed E-state index contributed by atoms with van der Waals surface area (Å²) in [5.74, 6) is 0.00144. The molecule has 0 aliphatic carbocycles. The van der Waals surface area contributed by atoms with Gasteiger partial charge in [-0.2, -0.15) is 0 Å². The van der Waals surface area contributed by atoms with E-state index in [-0.39, 0.29) is 11.9 Å². The van der Waals surface area contributed by atoms with E-state index in [1.807, 2.05) is 43.9 Å². The van der Waals surface area contributed by atoms with Gasteiger partial charge in [0.1, 0.15) is 0 Å². The third-order valence-corrected chi connectivity index (χ3v) is 5.20. The Balaban J connectivity index is 1.86. The predicted octanol–water partition coefficient (Wildman–Crippen LogP) is 3.75. The van der Waals surface area contributed by atoms with Crippen molar-refractivity contribution in [2.75, 3.05) is 19.7 Å². The second-order valence-electron chi connectivity index (χ2n) is 7.43. The Morgan fingerprint density at radius 1 is 1.14 bits per heavy atom. The van der Waals surface area contributed by atoms with Crippen LogP contribution in [0.15, 0.2) is 30.3 Å². The molecule has 1 N–H and O–H groups in total. The fourth-order valence-electron chi connectivity index (χ4n) is 3.85. The van der Waals surface area contributed by atoms with Crippen molar-refractivity contribution >= 4 is 12.0 Å². The lowest BCUT2D eigenvalue weighted by Gasteiger charge is -2.33. The predicted molar refractivity (Wildman–Crippen MR) is 109 cm³/mol. The molecule has 1 aromatic heterocycles. The first kappa shape index (κ1) is 20.0. The van der Waals surface area contributed by atoms with Crippen molar-refractivity contribution in [2.45, 2.75) is 46.6 Å². The third kappa shape index (κ3) is 4.21. The molecule has 0 radical (unpaired) electrons. The van der Waals surface area contributed by atoms with Gasteiger partial charge >= 0.3 is 6.09 Å². The number of carbonyl (C=O) groups is 2. The smallest absolute Gasteiger partial charge is 0.407 e. The van der Waals surface area contributed by atoms with Crippen LogP contribution in [0, 0.1) is 20.8 Å². The molecule has 0 saturated carbocycles. The molecule has 1 unspecified atom stereocenters. The normalized spacial score (nSPS) is 16.7. The second-order valence-corrected chi connectivity index (χ2v) is 7.43. The van der Waals surface area contributed by atoms with Gasteiger partial charge in [0.25, 0.3) is 5.91 Å². The van der Waals surface area contributed by atoms with Crippen LogP contribution in [0.4, 0.5) is 4.79 Å². The number of aryl methyl sites for hydroxylation is 3. The maximum atomic E-state index is 13.4. The van der Waals surface area contributed by atoms with Gasteiger partial charge in [-0.05, 0) is 64.8 Å². The van der Waals surface area contributed by atoms with E-state index >= 15 is 0 Å². The van der Waals surface area contributed by atoms with Crippen LogP contribution >= 0.6 is 0 Å². The first-order chi connectivity index (χ1) is 13.4. The number of hydrogen-bond donors (Lipinski definition) is 1. The summed E-state index contributed by atoms with van der Waals surface area (Å²) < 4.78 is 7.09. The van der Waals surface area contributed by atoms with Crippen molar-refractivity contribution in [1.29, 1.82) is 0 Å². The molecule has 2 heterocycles. The number of rotatable bonds is 4. The van der Waals surface area contributed by atoms with Gasteiger partial charge < -0.3 is 19.5 Å². The van der Waals surface area contributed by atoms with Crippen LogP contribution in [-0.2, 0) is 4.74 Å². The lowest BCUT2D eigenvalue weighted by atomic mass is 10.0. The zero-order chi connectivity index (χ0) is 20.3. The van der Waals surface area contributed by atoms with Gasteiger partial charge in [0.2, 0.25) is 0 Å². The molecule has 1 atom stereocenters. The molecule has 1 aliphatic heterocycles. The van der Waals surface area contributed by atoms with Crippen molar-refractivity contribution in [2.24, 2.45) is 0 Å². The summed E-state index contributed by atoms with van der Waals surface area (Å²) in [6.07, 6.45) is 1.28. The molecule has 0 spiro atoms. The lowest BCUT2D eigenvalue weighted by Crippen LogP contribution is -2.49.